The van der Waals surface area contributed by atoms with Crippen molar-refractivity contribution in [2.45, 2.75) is 50.6 Å². The van der Waals surface area contributed by atoms with Crippen molar-refractivity contribution in [3.05, 3.63) is 47.8 Å². The van der Waals surface area contributed by atoms with Crippen LogP contribution in [-0.4, -0.2) is 23.5 Å². The summed E-state index contributed by atoms with van der Waals surface area (Å²) in [6, 6.07) is 8.30. The lowest BCUT2D eigenvalue weighted by Crippen LogP contribution is -2.39. The highest BCUT2D eigenvalue weighted by Gasteiger charge is 2.29. The zero-order chi connectivity index (χ0) is 13.1. The fourth-order valence-corrected chi connectivity index (χ4v) is 3.52. The molecule has 0 radical (unpaired) electrons. The first-order valence-corrected chi connectivity index (χ1v) is 7.50. The van der Waals surface area contributed by atoms with E-state index in [0.29, 0.717) is 12.1 Å². The highest BCUT2D eigenvalue weighted by Crippen LogP contribution is 2.28. The van der Waals surface area contributed by atoms with E-state index in [1.165, 1.54) is 44.7 Å². The van der Waals surface area contributed by atoms with Crippen LogP contribution in [-0.2, 0) is 6.42 Å². The van der Waals surface area contributed by atoms with Crippen LogP contribution in [0, 0.1) is 5.82 Å². The highest BCUT2D eigenvalue weighted by atomic mass is 19.1. The highest BCUT2D eigenvalue weighted by molar-refractivity contribution is 5.18. The van der Waals surface area contributed by atoms with E-state index in [9.17, 15) is 4.39 Å². The molecule has 3 rings (SSSR count). The summed E-state index contributed by atoms with van der Waals surface area (Å²) in [5.41, 5.74) is 1.14. The van der Waals surface area contributed by atoms with Crippen molar-refractivity contribution in [2.75, 3.05) is 6.54 Å². The number of nitrogens with zero attached hydrogens (tertiary/aromatic N) is 1. The summed E-state index contributed by atoms with van der Waals surface area (Å²) in [6.45, 7) is 1.20. The lowest BCUT2D eigenvalue weighted by Gasteiger charge is -2.33. The third-order valence-electron chi connectivity index (χ3n) is 4.44. The Hall–Kier alpha value is -1.15. The third kappa shape index (κ3) is 3.06. The van der Waals surface area contributed by atoms with Crippen molar-refractivity contribution in [1.29, 1.82) is 0 Å². The summed E-state index contributed by atoms with van der Waals surface area (Å²) in [5, 5.41) is 0. The van der Waals surface area contributed by atoms with Crippen LogP contribution in [0.3, 0.4) is 0 Å². The quantitative estimate of drug-likeness (QED) is 0.743. The molecule has 1 heterocycles. The molecule has 0 N–H and O–H groups in total. The largest absolute Gasteiger partial charge is 0.294 e. The molecule has 2 atom stereocenters. The number of halogens is 1. The van der Waals surface area contributed by atoms with Crippen LogP contribution in [0.2, 0.25) is 0 Å². The normalized spacial score (nSPS) is 27.8. The first-order chi connectivity index (χ1) is 9.33. The summed E-state index contributed by atoms with van der Waals surface area (Å²) in [5.74, 6) is -0.111. The molecule has 1 fully saturated rings. The fraction of sp³-hybridized carbons (Fsp3) is 0.529. The molecule has 102 valence electrons. The number of allylic oxidation sites excluding steroid dienone is 1. The van der Waals surface area contributed by atoms with Gasteiger partial charge in [-0.2, -0.15) is 0 Å². The SMILES string of the molecule is Fc1cccc(CC2CCCN2C2C=CCCC2)c1. The molecule has 0 saturated carbocycles. The van der Waals surface area contributed by atoms with Crippen LogP contribution < -0.4 is 0 Å². The molecule has 2 unspecified atom stereocenters. The van der Waals surface area contributed by atoms with Gasteiger partial charge in [0.05, 0.1) is 0 Å². The van der Waals surface area contributed by atoms with Gasteiger partial charge in [0.25, 0.3) is 0 Å². The minimum atomic E-state index is -0.111. The van der Waals surface area contributed by atoms with Crippen LogP contribution in [0.1, 0.15) is 37.7 Å². The molecule has 1 aromatic carbocycles. The molecular weight excluding hydrogens is 237 g/mol. The summed E-state index contributed by atoms with van der Waals surface area (Å²) in [4.78, 5) is 2.64. The molecule has 0 bridgehead atoms. The van der Waals surface area contributed by atoms with Crippen LogP contribution in [0.5, 0.6) is 0 Å². The van der Waals surface area contributed by atoms with E-state index in [-0.39, 0.29) is 5.82 Å². The van der Waals surface area contributed by atoms with E-state index in [1.807, 2.05) is 6.07 Å². The number of hydrogen-bond donors (Lipinski definition) is 0. The Kier molecular flexibility index (Phi) is 3.97. The van der Waals surface area contributed by atoms with Gasteiger partial charge in [-0.25, -0.2) is 4.39 Å². The van der Waals surface area contributed by atoms with Gasteiger partial charge < -0.3 is 0 Å². The minimum Gasteiger partial charge on any atom is -0.294 e. The molecule has 2 heteroatoms. The first-order valence-electron chi connectivity index (χ1n) is 7.50. The van der Waals surface area contributed by atoms with Gasteiger partial charge in [-0.05, 0) is 62.8 Å². The molecule has 19 heavy (non-hydrogen) atoms. The van der Waals surface area contributed by atoms with Gasteiger partial charge in [0, 0.05) is 12.1 Å². The maximum Gasteiger partial charge on any atom is 0.123 e. The molecule has 1 saturated heterocycles. The molecule has 1 nitrogen and oxygen atoms in total. The Labute approximate surface area is 115 Å². The number of hydrogen-bond acceptors (Lipinski definition) is 1. The topological polar surface area (TPSA) is 3.24 Å². The van der Waals surface area contributed by atoms with Gasteiger partial charge >= 0.3 is 0 Å². The average Bonchev–Trinajstić information content (AvgIpc) is 2.88. The van der Waals surface area contributed by atoms with Gasteiger partial charge in [0.2, 0.25) is 0 Å². The van der Waals surface area contributed by atoms with Gasteiger partial charge in [0.15, 0.2) is 0 Å². The van der Waals surface area contributed by atoms with E-state index in [4.69, 9.17) is 0 Å². The minimum absolute atomic E-state index is 0.111. The Morgan fingerprint density at radius 1 is 1.21 bits per heavy atom. The van der Waals surface area contributed by atoms with Crippen LogP contribution >= 0.6 is 0 Å². The Morgan fingerprint density at radius 2 is 2.16 bits per heavy atom. The van der Waals surface area contributed by atoms with Crippen molar-refractivity contribution >= 4 is 0 Å². The summed E-state index contributed by atoms with van der Waals surface area (Å²) < 4.78 is 13.3. The van der Waals surface area contributed by atoms with Crippen LogP contribution in [0.4, 0.5) is 4.39 Å². The molecule has 0 amide bonds. The summed E-state index contributed by atoms with van der Waals surface area (Å²) in [6.07, 6.45) is 12.1. The van der Waals surface area contributed by atoms with Gasteiger partial charge in [-0.1, -0.05) is 24.3 Å². The van der Waals surface area contributed by atoms with E-state index < -0.39 is 0 Å². The van der Waals surface area contributed by atoms with E-state index >= 15 is 0 Å². The molecule has 0 spiro atoms. The van der Waals surface area contributed by atoms with Crippen molar-refractivity contribution in [1.82, 2.24) is 4.90 Å². The van der Waals surface area contributed by atoms with E-state index in [0.717, 1.165) is 12.0 Å². The summed E-state index contributed by atoms with van der Waals surface area (Å²) >= 11 is 0. The Balaban J connectivity index is 1.69. The predicted molar refractivity (Wildman–Crippen MR) is 76.6 cm³/mol. The number of rotatable bonds is 3. The standard InChI is InChI=1S/C17H22FN/c18-15-7-4-6-14(12-15)13-17-10-5-11-19(17)16-8-2-1-3-9-16/h2,4,6-8,12,16-17H,1,3,5,9-11,13H2. The second-order valence-electron chi connectivity index (χ2n) is 5.79. The zero-order valence-electron chi connectivity index (χ0n) is 11.4. The molecule has 1 aromatic rings. The second-order valence-corrected chi connectivity index (χ2v) is 5.79. The smallest absolute Gasteiger partial charge is 0.123 e. The van der Waals surface area contributed by atoms with E-state index in [2.05, 4.69) is 23.1 Å². The van der Waals surface area contributed by atoms with E-state index in [1.54, 1.807) is 6.07 Å². The van der Waals surface area contributed by atoms with Gasteiger partial charge in [-0.3, -0.25) is 4.90 Å². The van der Waals surface area contributed by atoms with Crippen LogP contribution in [0.15, 0.2) is 36.4 Å². The molecule has 0 aromatic heterocycles. The van der Waals surface area contributed by atoms with Crippen LogP contribution in [0.25, 0.3) is 0 Å². The monoisotopic (exact) mass is 259 g/mol. The lowest BCUT2D eigenvalue weighted by molar-refractivity contribution is 0.195. The number of likely N-dealkylation sites (tertiary alicyclic amines) is 1. The second kappa shape index (κ2) is 5.87. The molecule has 1 aliphatic carbocycles. The zero-order valence-corrected chi connectivity index (χ0v) is 11.4. The van der Waals surface area contributed by atoms with Crippen molar-refractivity contribution in [3.63, 3.8) is 0 Å². The average molecular weight is 259 g/mol. The molecule has 2 aliphatic rings. The van der Waals surface area contributed by atoms with Crippen molar-refractivity contribution in [2.24, 2.45) is 0 Å². The maximum absolute atomic E-state index is 13.3. The van der Waals surface area contributed by atoms with Crippen molar-refractivity contribution in [3.8, 4) is 0 Å². The van der Waals surface area contributed by atoms with Gasteiger partial charge in [-0.15, -0.1) is 0 Å². The van der Waals surface area contributed by atoms with Crippen molar-refractivity contribution < 1.29 is 4.39 Å². The first kappa shape index (κ1) is 12.9. The predicted octanol–water partition coefficient (Wildman–Crippen LogP) is 3.94. The third-order valence-corrected chi connectivity index (χ3v) is 4.44. The summed E-state index contributed by atoms with van der Waals surface area (Å²) in [7, 11) is 0. The Morgan fingerprint density at radius 3 is 2.95 bits per heavy atom. The fourth-order valence-electron chi connectivity index (χ4n) is 3.52. The number of benzene rings is 1. The molecular formula is C17H22FN. The molecule has 1 aliphatic heterocycles. The Bertz CT molecular complexity index is 454. The lowest BCUT2D eigenvalue weighted by atomic mass is 9.98. The maximum atomic E-state index is 13.3. The van der Waals surface area contributed by atoms with Gasteiger partial charge in [0.1, 0.15) is 5.82 Å².